The van der Waals surface area contributed by atoms with Crippen LogP contribution in [-0.4, -0.2) is 9.97 Å². The van der Waals surface area contributed by atoms with Gasteiger partial charge in [-0.1, -0.05) is 19.9 Å². The smallest absolute Gasteiger partial charge is 0.138 e. The van der Waals surface area contributed by atoms with E-state index in [0.29, 0.717) is 5.92 Å². The lowest BCUT2D eigenvalue weighted by atomic mass is 10.0. The molecule has 0 aromatic carbocycles. The monoisotopic (exact) mass is 317 g/mol. The van der Waals surface area contributed by atoms with E-state index in [-0.39, 0.29) is 6.04 Å². The highest BCUT2D eigenvalue weighted by Crippen LogP contribution is 2.36. The van der Waals surface area contributed by atoms with Gasteiger partial charge < -0.3 is 5.32 Å². The van der Waals surface area contributed by atoms with Crippen molar-refractivity contribution in [2.24, 2.45) is 5.92 Å². The summed E-state index contributed by atoms with van der Waals surface area (Å²) in [5, 5.41) is 6.94. The molecule has 0 saturated carbocycles. The van der Waals surface area contributed by atoms with Gasteiger partial charge in [0.2, 0.25) is 0 Å². The molecule has 110 valence electrons. The van der Waals surface area contributed by atoms with Crippen molar-refractivity contribution in [2.45, 2.75) is 33.7 Å². The van der Waals surface area contributed by atoms with Crippen molar-refractivity contribution >= 4 is 38.7 Å². The molecule has 0 unspecified atom stereocenters. The molecule has 3 aromatic heterocycles. The Morgan fingerprint density at radius 3 is 2.67 bits per heavy atom. The molecule has 21 heavy (non-hydrogen) atoms. The number of nitrogens with one attached hydrogen (secondary N) is 1. The highest BCUT2D eigenvalue weighted by atomic mass is 32.1. The van der Waals surface area contributed by atoms with Crippen molar-refractivity contribution in [3.63, 3.8) is 0 Å². The van der Waals surface area contributed by atoms with Gasteiger partial charge in [-0.3, -0.25) is 0 Å². The Balaban J connectivity index is 2.04. The highest BCUT2D eigenvalue weighted by Gasteiger charge is 2.20. The van der Waals surface area contributed by atoms with Crippen LogP contribution in [0.15, 0.2) is 23.8 Å². The summed E-state index contributed by atoms with van der Waals surface area (Å²) in [6, 6.07) is 4.57. The number of nitrogens with zero attached hydrogens (tertiary/aromatic N) is 2. The lowest BCUT2D eigenvalue weighted by Gasteiger charge is -2.22. The van der Waals surface area contributed by atoms with E-state index in [1.165, 1.54) is 20.7 Å². The van der Waals surface area contributed by atoms with Crippen molar-refractivity contribution in [1.82, 2.24) is 9.97 Å². The Labute approximate surface area is 133 Å². The number of aromatic nitrogens is 2. The normalized spacial score (nSPS) is 13.0. The van der Waals surface area contributed by atoms with E-state index in [1.807, 2.05) is 0 Å². The van der Waals surface area contributed by atoms with Gasteiger partial charge >= 0.3 is 0 Å². The summed E-state index contributed by atoms with van der Waals surface area (Å²) in [6.45, 7) is 8.77. The maximum Gasteiger partial charge on any atom is 0.138 e. The third-order valence-corrected chi connectivity index (χ3v) is 5.84. The third-order valence-electron chi connectivity index (χ3n) is 3.77. The average molecular weight is 317 g/mol. The van der Waals surface area contributed by atoms with Gasteiger partial charge in [-0.15, -0.1) is 22.7 Å². The van der Waals surface area contributed by atoms with Gasteiger partial charge in [0.1, 0.15) is 17.0 Å². The number of fused-ring (bicyclic) bond motifs is 1. The minimum atomic E-state index is 0.280. The SMILES string of the molecule is Cc1sc2ncnc(N[C@@H](c3cccs3)C(C)C)c2c1C. The maximum absolute atomic E-state index is 4.50. The van der Waals surface area contributed by atoms with Crippen LogP contribution in [0.1, 0.15) is 35.2 Å². The van der Waals surface area contributed by atoms with E-state index in [9.17, 15) is 0 Å². The summed E-state index contributed by atoms with van der Waals surface area (Å²) in [5.74, 6) is 1.45. The first-order chi connectivity index (χ1) is 10.1. The molecule has 3 aromatic rings. The lowest BCUT2D eigenvalue weighted by molar-refractivity contribution is 0.552. The Morgan fingerprint density at radius 2 is 2.00 bits per heavy atom. The number of thiophene rings is 2. The van der Waals surface area contributed by atoms with Gasteiger partial charge in [0, 0.05) is 9.75 Å². The van der Waals surface area contributed by atoms with E-state index >= 15 is 0 Å². The standard InChI is InChI=1S/C16H19N3S2/c1-9(2)14(12-6-5-7-20-12)19-15-13-10(3)11(4)21-16(13)18-8-17-15/h5-9,14H,1-4H3,(H,17,18,19)/t14-/m1/s1. The Bertz CT molecular complexity index is 744. The van der Waals surface area contributed by atoms with Crippen LogP contribution < -0.4 is 5.32 Å². The largest absolute Gasteiger partial charge is 0.362 e. The van der Waals surface area contributed by atoms with Crippen LogP contribution in [-0.2, 0) is 0 Å². The highest BCUT2D eigenvalue weighted by molar-refractivity contribution is 7.18. The van der Waals surface area contributed by atoms with Crippen molar-refractivity contribution < 1.29 is 0 Å². The zero-order valence-corrected chi connectivity index (χ0v) is 14.3. The Morgan fingerprint density at radius 1 is 1.19 bits per heavy atom. The van der Waals surface area contributed by atoms with Gasteiger partial charge in [-0.05, 0) is 36.8 Å². The Hall–Kier alpha value is -1.46. The number of hydrogen-bond donors (Lipinski definition) is 1. The lowest BCUT2D eigenvalue weighted by Crippen LogP contribution is -2.16. The first kappa shape index (κ1) is 14.5. The van der Waals surface area contributed by atoms with Gasteiger partial charge in [-0.2, -0.15) is 0 Å². The Kier molecular flexibility index (Phi) is 3.95. The van der Waals surface area contributed by atoms with Crippen LogP contribution >= 0.6 is 22.7 Å². The quantitative estimate of drug-likeness (QED) is 0.720. The van der Waals surface area contributed by atoms with Crippen LogP contribution in [0.2, 0.25) is 0 Å². The number of hydrogen-bond acceptors (Lipinski definition) is 5. The van der Waals surface area contributed by atoms with Crippen LogP contribution in [0.25, 0.3) is 10.2 Å². The molecular formula is C16H19N3S2. The molecule has 0 aliphatic rings. The fraction of sp³-hybridized carbons (Fsp3) is 0.375. The molecule has 1 N–H and O–H groups in total. The second-order valence-corrected chi connectivity index (χ2v) is 7.75. The van der Waals surface area contributed by atoms with Gasteiger partial charge in [0.15, 0.2) is 0 Å². The molecule has 1 atom stereocenters. The molecule has 0 amide bonds. The summed E-state index contributed by atoms with van der Waals surface area (Å²) in [6.07, 6.45) is 1.66. The first-order valence-electron chi connectivity index (χ1n) is 7.08. The molecule has 0 radical (unpaired) electrons. The fourth-order valence-electron chi connectivity index (χ4n) is 2.47. The van der Waals surface area contributed by atoms with E-state index in [2.05, 4.69) is 60.5 Å². The minimum Gasteiger partial charge on any atom is -0.362 e. The molecule has 0 bridgehead atoms. The molecule has 0 aliphatic carbocycles. The molecule has 0 aliphatic heterocycles. The fourth-order valence-corrected chi connectivity index (χ4v) is 4.42. The van der Waals surface area contributed by atoms with Crippen molar-refractivity contribution in [3.8, 4) is 0 Å². The minimum absolute atomic E-state index is 0.280. The summed E-state index contributed by atoms with van der Waals surface area (Å²) < 4.78 is 0. The first-order valence-corrected chi connectivity index (χ1v) is 8.78. The van der Waals surface area contributed by atoms with Gasteiger partial charge in [0.05, 0.1) is 11.4 Å². The van der Waals surface area contributed by atoms with E-state index in [1.54, 1.807) is 29.0 Å². The second kappa shape index (κ2) is 5.73. The predicted molar refractivity (Wildman–Crippen MR) is 92.4 cm³/mol. The van der Waals surface area contributed by atoms with Crippen LogP contribution in [0, 0.1) is 19.8 Å². The molecule has 5 heteroatoms. The summed E-state index contributed by atoms with van der Waals surface area (Å²) in [4.78, 5) is 12.6. The zero-order chi connectivity index (χ0) is 15.0. The molecular weight excluding hydrogens is 298 g/mol. The van der Waals surface area contributed by atoms with E-state index in [4.69, 9.17) is 0 Å². The zero-order valence-electron chi connectivity index (χ0n) is 12.7. The van der Waals surface area contributed by atoms with Crippen molar-refractivity contribution in [1.29, 1.82) is 0 Å². The topological polar surface area (TPSA) is 37.8 Å². The van der Waals surface area contributed by atoms with Crippen molar-refractivity contribution in [2.75, 3.05) is 5.32 Å². The molecule has 0 spiro atoms. The molecule has 0 fully saturated rings. The van der Waals surface area contributed by atoms with Crippen LogP contribution in [0.5, 0.6) is 0 Å². The molecule has 3 rings (SSSR count). The third kappa shape index (κ3) is 2.68. The number of aryl methyl sites for hydroxylation is 2. The average Bonchev–Trinajstić information content (AvgIpc) is 3.06. The molecule has 0 saturated heterocycles. The summed E-state index contributed by atoms with van der Waals surface area (Å²) >= 11 is 3.53. The second-order valence-electron chi connectivity index (χ2n) is 5.57. The number of rotatable bonds is 4. The van der Waals surface area contributed by atoms with Gasteiger partial charge in [0.25, 0.3) is 0 Å². The summed E-state index contributed by atoms with van der Waals surface area (Å²) in [5.41, 5.74) is 1.28. The van der Waals surface area contributed by atoms with Crippen LogP contribution in [0.3, 0.4) is 0 Å². The van der Waals surface area contributed by atoms with E-state index in [0.717, 1.165) is 10.6 Å². The molecule has 3 nitrogen and oxygen atoms in total. The maximum atomic E-state index is 4.50. The molecule has 3 heterocycles. The van der Waals surface area contributed by atoms with Crippen LogP contribution in [0.4, 0.5) is 5.82 Å². The predicted octanol–water partition coefficient (Wildman–Crippen LogP) is 5.18. The van der Waals surface area contributed by atoms with E-state index < -0.39 is 0 Å². The number of anilines is 1. The van der Waals surface area contributed by atoms with Crippen molar-refractivity contribution in [3.05, 3.63) is 39.2 Å². The van der Waals surface area contributed by atoms with Gasteiger partial charge in [-0.25, -0.2) is 9.97 Å². The summed E-state index contributed by atoms with van der Waals surface area (Å²) in [7, 11) is 0.